The molecule has 1 amide bonds. The predicted octanol–water partition coefficient (Wildman–Crippen LogP) is 5.06. The molecule has 1 unspecified atom stereocenters. The Morgan fingerprint density at radius 3 is 2.47 bits per heavy atom. The highest BCUT2D eigenvalue weighted by Gasteiger charge is 2.29. The first kappa shape index (κ1) is 23.7. The van der Waals surface area contributed by atoms with E-state index in [-0.39, 0.29) is 36.6 Å². The quantitative estimate of drug-likeness (QED) is 0.468. The maximum Gasteiger partial charge on any atom is 0.322 e. The van der Waals surface area contributed by atoms with E-state index in [0.717, 1.165) is 17.7 Å². The van der Waals surface area contributed by atoms with E-state index in [1.54, 1.807) is 6.07 Å². The minimum atomic E-state index is -0.736. The van der Waals surface area contributed by atoms with Gasteiger partial charge >= 0.3 is 6.01 Å². The maximum absolute atomic E-state index is 12.8. The number of nitrogens with zero attached hydrogens (tertiary/aromatic N) is 2. The molecule has 0 radical (unpaired) electrons. The molecular weight excluding hydrogens is 458 g/mol. The van der Waals surface area contributed by atoms with Crippen LogP contribution < -0.4 is 24.3 Å². The molecule has 1 N–H and O–H groups in total. The number of benzene rings is 1. The monoisotopic (exact) mass is 489 g/mol. The zero-order chi connectivity index (χ0) is 24.5. The van der Waals surface area contributed by atoms with Crippen molar-refractivity contribution in [3.63, 3.8) is 0 Å². The SMILES string of the molecule is CCS1(C)CCc2cc(Oc3ccc(C(=O)Nc4c(OC)nc(OC)nc4OC)o3)c(C)cc21.[HH]. The number of hydrogen-bond acceptors (Lipinski definition) is 8. The van der Waals surface area contributed by atoms with E-state index in [1.165, 1.54) is 49.4 Å². The number of rotatable bonds is 8. The van der Waals surface area contributed by atoms with Crippen molar-refractivity contribution in [2.75, 3.05) is 44.4 Å². The Morgan fingerprint density at radius 2 is 1.85 bits per heavy atom. The zero-order valence-corrected chi connectivity index (χ0v) is 21.0. The molecule has 1 aliphatic heterocycles. The Balaban J connectivity index is 0.00000342. The molecule has 0 spiro atoms. The van der Waals surface area contributed by atoms with E-state index in [2.05, 4.69) is 40.6 Å². The first-order valence-electron chi connectivity index (χ1n) is 10.8. The molecular formula is C24H31N3O6S. The van der Waals surface area contributed by atoms with E-state index >= 15 is 0 Å². The van der Waals surface area contributed by atoms with Gasteiger partial charge in [-0.15, -0.1) is 0 Å². The van der Waals surface area contributed by atoms with Gasteiger partial charge in [-0.3, -0.25) is 4.79 Å². The zero-order valence-electron chi connectivity index (χ0n) is 20.2. The number of hydrogen-bond donors (Lipinski definition) is 1. The van der Waals surface area contributed by atoms with Crippen LogP contribution in [0.1, 0.15) is 30.0 Å². The van der Waals surface area contributed by atoms with Gasteiger partial charge in [0, 0.05) is 7.49 Å². The predicted molar refractivity (Wildman–Crippen MR) is 133 cm³/mol. The van der Waals surface area contributed by atoms with Crippen LogP contribution in [0.4, 0.5) is 5.69 Å². The molecule has 0 aliphatic carbocycles. The fourth-order valence-corrected chi connectivity index (χ4v) is 6.63. The van der Waals surface area contributed by atoms with Gasteiger partial charge in [-0.1, -0.05) is 6.92 Å². The largest absolute Gasteiger partial charge is 0.479 e. The van der Waals surface area contributed by atoms with Crippen LogP contribution >= 0.6 is 10.0 Å². The van der Waals surface area contributed by atoms with E-state index in [4.69, 9.17) is 23.4 Å². The normalized spacial score (nSPS) is 18.5. The molecule has 4 rings (SSSR count). The highest BCUT2D eigenvalue weighted by Crippen LogP contribution is 2.59. The lowest BCUT2D eigenvalue weighted by Gasteiger charge is -2.30. The van der Waals surface area contributed by atoms with Crippen LogP contribution in [0.5, 0.6) is 29.5 Å². The van der Waals surface area contributed by atoms with Crippen molar-refractivity contribution in [1.29, 1.82) is 0 Å². The third-order valence-corrected chi connectivity index (χ3v) is 9.81. The number of nitrogens with one attached hydrogen (secondary N) is 1. The van der Waals surface area contributed by atoms with Crippen LogP contribution in [-0.4, -0.2) is 55.0 Å². The number of ether oxygens (including phenoxy) is 4. The summed E-state index contributed by atoms with van der Waals surface area (Å²) >= 11 is 0. The highest BCUT2D eigenvalue weighted by molar-refractivity contribution is 8.33. The van der Waals surface area contributed by atoms with Crippen LogP contribution in [0.3, 0.4) is 0 Å². The average molecular weight is 490 g/mol. The number of aryl methyl sites for hydroxylation is 2. The van der Waals surface area contributed by atoms with Gasteiger partial charge in [0.05, 0.1) is 21.3 Å². The number of carbonyl (C=O) groups is 1. The number of aromatic nitrogens is 2. The minimum Gasteiger partial charge on any atom is -0.479 e. The lowest BCUT2D eigenvalue weighted by atomic mass is 10.1. The number of methoxy groups -OCH3 is 3. The van der Waals surface area contributed by atoms with Crippen molar-refractivity contribution in [3.8, 4) is 29.5 Å². The molecule has 3 heterocycles. The van der Waals surface area contributed by atoms with Gasteiger partial charge in [0.1, 0.15) is 5.75 Å². The van der Waals surface area contributed by atoms with Crippen LogP contribution in [-0.2, 0) is 6.42 Å². The fourth-order valence-electron chi connectivity index (χ4n) is 3.89. The second-order valence-corrected chi connectivity index (χ2v) is 12.0. The Labute approximate surface area is 201 Å². The summed E-state index contributed by atoms with van der Waals surface area (Å²) in [4.78, 5) is 22.5. The highest BCUT2D eigenvalue weighted by atomic mass is 32.3. The molecule has 34 heavy (non-hydrogen) atoms. The first-order chi connectivity index (χ1) is 16.3. The third-order valence-electron chi connectivity index (χ3n) is 5.99. The van der Waals surface area contributed by atoms with Gasteiger partial charge in [0.25, 0.3) is 11.9 Å². The van der Waals surface area contributed by atoms with Crippen molar-refractivity contribution in [2.24, 2.45) is 0 Å². The molecule has 0 saturated carbocycles. The Morgan fingerprint density at radius 1 is 1.15 bits per heavy atom. The van der Waals surface area contributed by atoms with Gasteiger partial charge in [0.15, 0.2) is 11.4 Å². The topological polar surface area (TPSA) is 105 Å². The Hall–Kier alpha value is -3.40. The minimum absolute atomic E-state index is 0. The number of furan rings is 1. The number of carbonyl (C=O) groups excluding carboxylic acids is 1. The van der Waals surface area contributed by atoms with E-state index < -0.39 is 15.9 Å². The molecule has 2 aromatic heterocycles. The van der Waals surface area contributed by atoms with Gasteiger partial charge in [0.2, 0.25) is 11.8 Å². The summed E-state index contributed by atoms with van der Waals surface area (Å²) in [7, 11) is 3.52. The van der Waals surface area contributed by atoms with Crippen molar-refractivity contribution < 1.29 is 29.6 Å². The summed E-state index contributed by atoms with van der Waals surface area (Å²) in [5.74, 6) is 3.06. The van der Waals surface area contributed by atoms with Crippen LogP contribution in [0.25, 0.3) is 0 Å². The van der Waals surface area contributed by atoms with Crippen molar-refractivity contribution in [2.45, 2.75) is 25.2 Å². The van der Waals surface area contributed by atoms with Crippen LogP contribution in [0.15, 0.2) is 33.6 Å². The second kappa shape index (κ2) is 9.46. The van der Waals surface area contributed by atoms with E-state index in [1.807, 2.05) is 6.92 Å². The molecule has 184 valence electrons. The summed E-state index contributed by atoms with van der Waals surface area (Å²) in [6.45, 7) is 4.30. The molecule has 10 heteroatoms. The average Bonchev–Trinajstić information content (AvgIpc) is 3.44. The van der Waals surface area contributed by atoms with Crippen LogP contribution in [0, 0.1) is 6.92 Å². The molecule has 0 saturated heterocycles. The van der Waals surface area contributed by atoms with Gasteiger partial charge in [-0.05, 0) is 65.3 Å². The molecule has 0 bridgehead atoms. The smallest absolute Gasteiger partial charge is 0.322 e. The summed E-state index contributed by atoms with van der Waals surface area (Å²) < 4.78 is 27.2. The summed E-state index contributed by atoms with van der Waals surface area (Å²) in [5, 5.41) is 2.67. The van der Waals surface area contributed by atoms with Crippen molar-refractivity contribution >= 4 is 21.6 Å². The molecule has 1 aliphatic rings. The molecule has 1 atom stereocenters. The van der Waals surface area contributed by atoms with Crippen molar-refractivity contribution in [3.05, 3.63) is 41.2 Å². The molecule has 3 aromatic rings. The summed E-state index contributed by atoms with van der Waals surface area (Å²) in [6.07, 6.45) is 3.46. The summed E-state index contributed by atoms with van der Waals surface area (Å²) in [5.41, 5.74) is 2.54. The van der Waals surface area contributed by atoms with Gasteiger partial charge < -0.3 is 28.7 Å². The van der Waals surface area contributed by atoms with E-state index in [9.17, 15) is 4.79 Å². The standard InChI is InChI=1S/C24H29N3O6S.H2/c1-7-34(6)11-10-15-13-17(14(2)12-18(15)34)33-19-9-8-16(32-19)21(28)25-20-22(29-3)26-24(31-5)27-23(20)30-4;/h8-9,12-13H,7,10-11H2,1-6H3,(H,25,28);1H. The lowest BCUT2D eigenvalue weighted by molar-refractivity contribution is 0.0990. The van der Waals surface area contributed by atoms with E-state index in [0.29, 0.717) is 0 Å². The number of fused-ring (bicyclic) bond motifs is 1. The number of anilines is 1. The Bertz CT molecular complexity index is 1210. The van der Waals surface area contributed by atoms with Crippen LogP contribution in [0.2, 0.25) is 0 Å². The lowest BCUT2D eigenvalue weighted by Crippen LogP contribution is -2.14. The maximum atomic E-state index is 12.8. The van der Waals surface area contributed by atoms with Crippen molar-refractivity contribution in [1.82, 2.24) is 9.97 Å². The first-order valence-corrected chi connectivity index (χ1v) is 13.2. The third kappa shape index (κ3) is 4.37. The van der Waals surface area contributed by atoms with Gasteiger partial charge in [-0.2, -0.15) is 9.97 Å². The fraction of sp³-hybridized carbons (Fsp3) is 0.375. The molecule has 9 nitrogen and oxygen atoms in total. The summed E-state index contributed by atoms with van der Waals surface area (Å²) in [6, 6.07) is 7.54. The molecule has 0 fully saturated rings. The Kier molecular flexibility index (Phi) is 6.60. The van der Waals surface area contributed by atoms with Gasteiger partial charge in [-0.25, -0.2) is 10.0 Å². The second-order valence-electron chi connectivity index (χ2n) is 8.02. The molecule has 1 aromatic carbocycles. The number of amides is 1.